The molecule has 2 aliphatic carbocycles. The molecule has 0 aromatic rings. The second-order valence-electron chi connectivity index (χ2n) is 7.25. The van der Waals surface area contributed by atoms with Crippen LogP contribution in [0.1, 0.15) is 53.4 Å². The average Bonchev–Trinajstić information content (AvgIpc) is 2.71. The molecule has 19 heavy (non-hydrogen) atoms. The van der Waals surface area contributed by atoms with E-state index in [2.05, 4.69) is 27.7 Å². The Morgan fingerprint density at radius 3 is 2.05 bits per heavy atom. The van der Waals surface area contributed by atoms with Gasteiger partial charge in [-0.3, -0.25) is 4.79 Å². The van der Waals surface area contributed by atoms with E-state index in [-0.39, 0.29) is 22.7 Å². The van der Waals surface area contributed by atoms with Crippen LogP contribution < -0.4 is 5.73 Å². The Labute approximate surface area is 121 Å². The van der Waals surface area contributed by atoms with Crippen molar-refractivity contribution in [3.05, 3.63) is 0 Å². The topological polar surface area (TPSA) is 46.3 Å². The lowest BCUT2D eigenvalue weighted by atomic mass is 10.0. The first-order chi connectivity index (χ1) is 8.69. The van der Waals surface area contributed by atoms with Gasteiger partial charge in [0.15, 0.2) is 0 Å². The van der Waals surface area contributed by atoms with E-state index in [1.54, 1.807) is 0 Å². The third kappa shape index (κ3) is 2.39. The number of nitrogens with zero attached hydrogens (tertiary/aromatic N) is 1. The molecule has 0 aromatic heterocycles. The molecule has 2 fully saturated rings. The maximum absolute atomic E-state index is 12.9. The zero-order valence-electron chi connectivity index (χ0n) is 12.5. The molecule has 3 nitrogen and oxygen atoms in total. The molecular weight excluding hydrogens is 256 g/mol. The second kappa shape index (κ2) is 4.72. The number of carbonyl (C=O) groups is 1. The molecule has 0 heterocycles. The van der Waals surface area contributed by atoms with E-state index in [4.69, 9.17) is 18.0 Å². The largest absolute Gasteiger partial charge is 0.392 e. The van der Waals surface area contributed by atoms with E-state index in [1.807, 2.05) is 4.90 Å². The number of amides is 1. The summed E-state index contributed by atoms with van der Waals surface area (Å²) in [6, 6.07) is 0.348. The first kappa shape index (κ1) is 14.8. The summed E-state index contributed by atoms with van der Waals surface area (Å²) in [6.07, 6.45) is 4.62. The SMILES string of the molecule is CC1(C)C(C(=O)N(CC(N)=S)C2CCCC2)C1(C)C. The zero-order valence-corrected chi connectivity index (χ0v) is 13.3. The van der Waals surface area contributed by atoms with Crippen LogP contribution in [0.25, 0.3) is 0 Å². The lowest BCUT2D eigenvalue weighted by molar-refractivity contribution is -0.135. The third-order valence-corrected chi connectivity index (χ3v) is 5.77. The Balaban J connectivity index is 2.15. The standard InChI is InChI=1S/C15H26N2OS/c1-14(2)12(15(14,3)4)13(18)17(9-11(16)19)10-7-5-6-8-10/h10,12H,5-9H2,1-4H3,(H2,16,19). The number of hydrogen-bond donors (Lipinski definition) is 1. The van der Waals surface area contributed by atoms with Crippen molar-refractivity contribution in [2.45, 2.75) is 59.4 Å². The van der Waals surface area contributed by atoms with Crippen LogP contribution in [0.3, 0.4) is 0 Å². The van der Waals surface area contributed by atoms with Gasteiger partial charge >= 0.3 is 0 Å². The van der Waals surface area contributed by atoms with Crippen molar-refractivity contribution < 1.29 is 4.79 Å². The van der Waals surface area contributed by atoms with E-state index >= 15 is 0 Å². The van der Waals surface area contributed by atoms with Crippen LogP contribution in [-0.2, 0) is 4.79 Å². The summed E-state index contributed by atoms with van der Waals surface area (Å²) in [6.45, 7) is 9.18. The fraction of sp³-hybridized carbons (Fsp3) is 0.867. The summed E-state index contributed by atoms with van der Waals surface area (Å²) >= 11 is 5.03. The summed E-state index contributed by atoms with van der Waals surface area (Å²) in [7, 11) is 0. The van der Waals surface area contributed by atoms with Crippen LogP contribution in [0.5, 0.6) is 0 Å². The Hall–Kier alpha value is -0.640. The van der Waals surface area contributed by atoms with Crippen molar-refractivity contribution in [1.29, 1.82) is 0 Å². The summed E-state index contributed by atoms with van der Waals surface area (Å²) in [4.78, 5) is 15.3. The van der Waals surface area contributed by atoms with Crippen molar-refractivity contribution in [3.8, 4) is 0 Å². The van der Waals surface area contributed by atoms with Gasteiger partial charge in [-0.25, -0.2) is 0 Å². The minimum Gasteiger partial charge on any atom is -0.392 e. The molecule has 0 saturated heterocycles. The molecule has 0 atom stereocenters. The van der Waals surface area contributed by atoms with Crippen LogP contribution in [-0.4, -0.2) is 28.4 Å². The molecular formula is C15H26N2OS. The van der Waals surface area contributed by atoms with Gasteiger partial charge in [0.2, 0.25) is 5.91 Å². The Kier molecular flexibility index (Phi) is 3.67. The van der Waals surface area contributed by atoms with E-state index in [9.17, 15) is 4.79 Å². The van der Waals surface area contributed by atoms with Crippen LogP contribution in [0.15, 0.2) is 0 Å². The maximum Gasteiger partial charge on any atom is 0.227 e. The molecule has 0 aliphatic heterocycles. The van der Waals surface area contributed by atoms with Crippen molar-refractivity contribution in [1.82, 2.24) is 4.90 Å². The molecule has 2 N–H and O–H groups in total. The molecule has 0 aromatic carbocycles. The predicted molar refractivity (Wildman–Crippen MR) is 81.8 cm³/mol. The normalized spacial score (nSPS) is 25.3. The highest BCUT2D eigenvalue weighted by atomic mass is 32.1. The number of hydrogen-bond acceptors (Lipinski definition) is 2. The lowest BCUT2D eigenvalue weighted by Gasteiger charge is -2.29. The highest BCUT2D eigenvalue weighted by Crippen LogP contribution is 2.68. The molecule has 0 bridgehead atoms. The minimum absolute atomic E-state index is 0.0805. The van der Waals surface area contributed by atoms with Crippen molar-refractivity contribution in [2.75, 3.05) is 6.54 Å². The number of carbonyl (C=O) groups excluding carboxylic acids is 1. The monoisotopic (exact) mass is 282 g/mol. The number of rotatable bonds is 4. The Bertz CT molecular complexity index is 383. The minimum atomic E-state index is 0.0805. The Morgan fingerprint density at radius 2 is 1.68 bits per heavy atom. The van der Waals surface area contributed by atoms with Crippen LogP contribution in [0.2, 0.25) is 0 Å². The molecule has 2 aliphatic rings. The quantitative estimate of drug-likeness (QED) is 0.807. The van der Waals surface area contributed by atoms with E-state index in [1.165, 1.54) is 12.8 Å². The highest BCUT2D eigenvalue weighted by molar-refractivity contribution is 7.80. The zero-order chi connectivity index (χ0) is 14.4. The van der Waals surface area contributed by atoms with Crippen LogP contribution in [0, 0.1) is 16.7 Å². The third-order valence-electron chi connectivity index (χ3n) is 5.64. The van der Waals surface area contributed by atoms with E-state index in [0.717, 1.165) is 12.8 Å². The predicted octanol–water partition coefficient (Wildman–Crippen LogP) is 2.73. The molecule has 4 heteroatoms. The first-order valence-corrected chi connectivity index (χ1v) is 7.69. The number of nitrogens with two attached hydrogens (primary N) is 1. The summed E-state index contributed by atoms with van der Waals surface area (Å²) < 4.78 is 0. The summed E-state index contributed by atoms with van der Waals surface area (Å²) in [5.74, 6) is 0.365. The van der Waals surface area contributed by atoms with Gasteiger partial charge in [0.1, 0.15) is 0 Å². The maximum atomic E-state index is 12.9. The van der Waals surface area contributed by atoms with Gasteiger partial charge in [-0.2, -0.15) is 0 Å². The van der Waals surface area contributed by atoms with Crippen molar-refractivity contribution in [3.63, 3.8) is 0 Å². The van der Waals surface area contributed by atoms with Crippen molar-refractivity contribution >= 4 is 23.1 Å². The molecule has 108 valence electrons. The number of thiocarbonyl (C=S) groups is 1. The molecule has 2 saturated carbocycles. The smallest absolute Gasteiger partial charge is 0.227 e. The molecule has 0 spiro atoms. The summed E-state index contributed by atoms with van der Waals surface area (Å²) in [5.41, 5.74) is 5.85. The molecule has 2 rings (SSSR count). The summed E-state index contributed by atoms with van der Waals surface area (Å²) in [5, 5.41) is 0. The Morgan fingerprint density at radius 1 is 1.21 bits per heavy atom. The highest BCUT2D eigenvalue weighted by Gasteiger charge is 2.69. The van der Waals surface area contributed by atoms with Crippen LogP contribution >= 0.6 is 12.2 Å². The van der Waals surface area contributed by atoms with Gasteiger partial charge < -0.3 is 10.6 Å². The molecule has 0 radical (unpaired) electrons. The second-order valence-corrected chi connectivity index (χ2v) is 7.77. The van der Waals surface area contributed by atoms with Gasteiger partial charge in [-0.15, -0.1) is 0 Å². The fourth-order valence-corrected chi connectivity index (χ4v) is 3.89. The molecule has 0 unspecified atom stereocenters. The van der Waals surface area contributed by atoms with Gasteiger partial charge in [0.05, 0.1) is 11.5 Å². The van der Waals surface area contributed by atoms with Gasteiger partial charge in [0, 0.05) is 12.0 Å². The van der Waals surface area contributed by atoms with E-state index < -0.39 is 0 Å². The van der Waals surface area contributed by atoms with Gasteiger partial charge in [-0.05, 0) is 23.7 Å². The van der Waals surface area contributed by atoms with Gasteiger partial charge in [-0.1, -0.05) is 52.8 Å². The van der Waals surface area contributed by atoms with Gasteiger partial charge in [0.25, 0.3) is 0 Å². The fourth-order valence-electron chi connectivity index (χ4n) is 3.75. The first-order valence-electron chi connectivity index (χ1n) is 7.28. The van der Waals surface area contributed by atoms with E-state index in [0.29, 0.717) is 17.6 Å². The molecule has 1 amide bonds. The average molecular weight is 282 g/mol. The van der Waals surface area contributed by atoms with Crippen LogP contribution in [0.4, 0.5) is 0 Å². The lowest BCUT2D eigenvalue weighted by Crippen LogP contribution is -2.45. The van der Waals surface area contributed by atoms with Crippen molar-refractivity contribution in [2.24, 2.45) is 22.5 Å².